The van der Waals surface area contributed by atoms with E-state index in [4.69, 9.17) is 9.47 Å². The fourth-order valence-electron chi connectivity index (χ4n) is 3.08. The molecule has 0 saturated carbocycles. The van der Waals surface area contributed by atoms with Crippen molar-refractivity contribution in [1.82, 2.24) is 9.62 Å². The van der Waals surface area contributed by atoms with Gasteiger partial charge in [0.25, 0.3) is 5.91 Å². The van der Waals surface area contributed by atoms with Gasteiger partial charge in [-0.1, -0.05) is 6.07 Å². The Morgan fingerprint density at radius 3 is 2.79 bits per heavy atom. The van der Waals surface area contributed by atoms with Crippen molar-refractivity contribution in [3.8, 4) is 0 Å². The molecule has 28 heavy (non-hydrogen) atoms. The van der Waals surface area contributed by atoms with Crippen LogP contribution >= 0.6 is 0 Å². The molecule has 1 N–H and O–H groups in total. The van der Waals surface area contributed by atoms with Gasteiger partial charge in [-0.3, -0.25) is 14.5 Å². The summed E-state index contributed by atoms with van der Waals surface area (Å²) < 4.78 is 37.6. The third kappa shape index (κ3) is 4.94. The molecular weight excluding hydrogens is 388 g/mol. The third-order valence-corrected chi connectivity index (χ3v) is 6.03. The third-order valence-electron chi connectivity index (χ3n) is 4.61. The van der Waals surface area contributed by atoms with Crippen molar-refractivity contribution < 1.29 is 32.3 Å². The van der Waals surface area contributed by atoms with E-state index in [0.29, 0.717) is 26.0 Å². The number of sulfonamides is 1. The Balaban J connectivity index is 1.59. The van der Waals surface area contributed by atoms with Crippen molar-refractivity contribution in [2.45, 2.75) is 36.7 Å². The fourth-order valence-corrected chi connectivity index (χ4v) is 4.19. The molecule has 1 aromatic rings. The summed E-state index contributed by atoms with van der Waals surface area (Å²) in [7, 11) is -3.81. The van der Waals surface area contributed by atoms with Crippen LogP contribution < -0.4 is 4.72 Å². The van der Waals surface area contributed by atoms with E-state index in [1.54, 1.807) is 0 Å². The first-order valence-electron chi connectivity index (χ1n) is 9.08. The van der Waals surface area contributed by atoms with Crippen LogP contribution in [0.1, 0.15) is 36.0 Å². The zero-order chi connectivity index (χ0) is 20.1. The van der Waals surface area contributed by atoms with Crippen LogP contribution in [0.25, 0.3) is 0 Å². The number of rotatable bonds is 7. The lowest BCUT2D eigenvalue weighted by molar-refractivity contribution is -0.143. The van der Waals surface area contributed by atoms with Gasteiger partial charge < -0.3 is 9.47 Å². The first-order chi connectivity index (χ1) is 13.4. The van der Waals surface area contributed by atoms with Crippen molar-refractivity contribution in [3.63, 3.8) is 0 Å². The highest BCUT2D eigenvalue weighted by Gasteiger charge is 2.27. The highest BCUT2D eigenvalue weighted by Crippen LogP contribution is 2.15. The van der Waals surface area contributed by atoms with Crippen molar-refractivity contribution in [2.75, 3.05) is 26.3 Å². The average Bonchev–Trinajstić information content (AvgIpc) is 3.36. The number of hydrogen-bond donors (Lipinski definition) is 1. The largest absolute Gasteiger partial charge is 0.452 e. The molecule has 2 saturated heterocycles. The molecule has 2 amide bonds. The van der Waals surface area contributed by atoms with Crippen molar-refractivity contribution >= 4 is 27.8 Å². The Labute approximate surface area is 163 Å². The Bertz CT molecular complexity index is 862. The van der Waals surface area contributed by atoms with Crippen LogP contribution in [-0.2, 0) is 29.1 Å². The number of likely N-dealkylation sites (tertiary alicyclic amines) is 1. The number of esters is 1. The lowest BCUT2D eigenvalue weighted by Crippen LogP contribution is -2.35. The van der Waals surface area contributed by atoms with E-state index in [2.05, 4.69) is 4.72 Å². The molecule has 0 unspecified atom stereocenters. The SMILES string of the molecule is O=C(OCC(=O)N1CCCC1=O)c1cccc(S(=O)(=O)NC[C@@H]2CCCO2)c1. The van der Waals surface area contributed by atoms with Gasteiger partial charge in [0, 0.05) is 26.1 Å². The van der Waals surface area contributed by atoms with Crippen LogP contribution in [0.2, 0.25) is 0 Å². The molecule has 0 aliphatic carbocycles. The van der Waals surface area contributed by atoms with Gasteiger partial charge in [0.15, 0.2) is 6.61 Å². The van der Waals surface area contributed by atoms with Crippen LogP contribution in [0.5, 0.6) is 0 Å². The normalized spacial score (nSPS) is 19.8. The maximum Gasteiger partial charge on any atom is 0.338 e. The minimum atomic E-state index is -3.81. The van der Waals surface area contributed by atoms with E-state index in [0.717, 1.165) is 17.7 Å². The highest BCUT2D eigenvalue weighted by molar-refractivity contribution is 7.89. The van der Waals surface area contributed by atoms with Gasteiger partial charge in [-0.05, 0) is 37.5 Å². The van der Waals surface area contributed by atoms with Gasteiger partial charge in [0.1, 0.15) is 0 Å². The Hall–Kier alpha value is -2.30. The monoisotopic (exact) mass is 410 g/mol. The van der Waals surface area contributed by atoms with E-state index >= 15 is 0 Å². The molecular formula is C18H22N2O7S. The first kappa shape index (κ1) is 20.4. The second kappa shape index (κ2) is 8.80. The number of nitrogens with zero attached hydrogens (tertiary/aromatic N) is 1. The highest BCUT2D eigenvalue weighted by atomic mass is 32.2. The minimum Gasteiger partial charge on any atom is -0.452 e. The number of hydrogen-bond acceptors (Lipinski definition) is 7. The molecule has 2 heterocycles. The number of imide groups is 1. The van der Waals surface area contributed by atoms with Gasteiger partial charge in [-0.25, -0.2) is 17.9 Å². The van der Waals surface area contributed by atoms with Gasteiger partial charge in [-0.15, -0.1) is 0 Å². The molecule has 2 aliphatic rings. The molecule has 1 aromatic carbocycles. The molecule has 2 fully saturated rings. The van der Waals surface area contributed by atoms with E-state index < -0.39 is 28.5 Å². The average molecular weight is 410 g/mol. The second-order valence-electron chi connectivity index (χ2n) is 6.63. The Kier molecular flexibility index (Phi) is 6.42. The van der Waals surface area contributed by atoms with Crippen LogP contribution in [0.15, 0.2) is 29.2 Å². The van der Waals surface area contributed by atoms with Crippen molar-refractivity contribution in [3.05, 3.63) is 29.8 Å². The summed E-state index contributed by atoms with van der Waals surface area (Å²) >= 11 is 0. The van der Waals surface area contributed by atoms with Crippen LogP contribution in [-0.4, -0.2) is 63.5 Å². The number of carbonyl (C=O) groups excluding carboxylic acids is 3. The molecule has 10 heteroatoms. The molecule has 0 aromatic heterocycles. The van der Waals surface area contributed by atoms with Gasteiger partial charge in [0.2, 0.25) is 15.9 Å². The minimum absolute atomic E-state index is 0.000500. The quantitative estimate of drug-likeness (QED) is 0.648. The zero-order valence-corrected chi connectivity index (χ0v) is 16.1. The lowest BCUT2D eigenvalue weighted by Gasteiger charge is -2.14. The number of carbonyl (C=O) groups is 3. The van der Waals surface area contributed by atoms with Crippen LogP contribution in [0.4, 0.5) is 0 Å². The maximum absolute atomic E-state index is 12.4. The van der Waals surface area contributed by atoms with Crippen molar-refractivity contribution in [1.29, 1.82) is 0 Å². The standard InChI is InChI=1S/C18H22N2O7S/c21-16-7-2-8-20(16)17(22)12-27-18(23)13-4-1-6-15(10-13)28(24,25)19-11-14-5-3-9-26-14/h1,4,6,10,14,19H,2-3,5,7-9,11-12H2/t14-/m0/s1. The lowest BCUT2D eigenvalue weighted by atomic mass is 10.2. The van der Waals surface area contributed by atoms with Gasteiger partial charge in [-0.2, -0.15) is 0 Å². The topological polar surface area (TPSA) is 119 Å². The number of ether oxygens (including phenoxy) is 2. The molecule has 9 nitrogen and oxygen atoms in total. The molecule has 1 atom stereocenters. The molecule has 0 spiro atoms. The van der Waals surface area contributed by atoms with Crippen LogP contribution in [0, 0.1) is 0 Å². The molecule has 3 rings (SSSR count). The molecule has 152 valence electrons. The summed E-state index contributed by atoms with van der Waals surface area (Å²) in [6, 6.07) is 5.37. The molecule has 0 bridgehead atoms. The molecule has 2 aliphatic heterocycles. The van der Waals surface area contributed by atoms with Gasteiger partial charge in [0.05, 0.1) is 16.6 Å². The number of amides is 2. The number of benzene rings is 1. The second-order valence-corrected chi connectivity index (χ2v) is 8.40. The Morgan fingerprint density at radius 2 is 2.11 bits per heavy atom. The number of nitrogens with one attached hydrogen (secondary N) is 1. The Morgan fingerprint density at radius 1 is 1.29 bits per heavy atom. The van der Waals surface area contributed by atoms with Crippen molar-refractivity contribution in [2.24, 2.45) is 0 Å². The first-order valence-corrected chi connectivity index (χ1v) is 10.6. The van der Waals surface area contributed by atoms with E-state index in [1.165, 1.54) is 24.3 Å². The summed E-state index contributed by atoms with van der Waals surface area (Å²) in [5.41, 5.74) is 0.000500. The summed E-state index contributed by atoms with van der Waals surface area (Å²) in [6.07, 6.45) is 2.44. The molecule has 0 radical (unpaired) electrons. The van der Waals surface area contributed by atoms with Crippen LogP contribution in [0.3, 0.4) is 0 Å². The predicted molar refractivity (Wildman–Crippen MR) is 96.8 cm³/mol. The summed E-state index contributed by atoms with van der Waals surface area (Å²) in [5, 5.41) is 0. The zero-order valence-electron chi connectivity index (χ0n) is 15.3. The summed E-state index contributed by atoms with van der Waals surface area (Å²) in [5.74, 6) is -1.71. The fraction of sp³-hybridized carbons (Fsp3) is 0.500. The smallest absolute Gasteiger partial charge is 0.338 e. The summed E-state index contributed by atoms with van der Waals surface area (Å²) in [4.78, 5) is 36.6. The van der Waals surface area contributed by atoms with Gasteiger partial charge >= 0.3 is 5.97 Å². The van der Waals surface area contributed by atoms with E-state index in [1.807, 2.05) is 0 Å². The summed E-state index contributed by atoms with van der Waals surface area (Å²) in [6.45, 7) is 0.531. The van der Waals surface area contributed by atoms with E-state index in [-0.39, 0.29) is 29.0 Å². The predicted octanol–water partition coefficient (Wildman–Crippen LogP) is 0.450. The van der Waals surface area contributed by atoms with E-state index in [9.17, 15) is 22.8 Å². The maximum atomic E-state index is 12.4.